The first-order chi connectivity index (χ1) is 12.8. The van der Waals surface area contributed by atoms with E-state index in [-0.39, 0.29) is 5.97 Å². The summed E-state index contributed by atoms with van der Waals surface area (Å²) in [6, 6.07) is 2.48. The highest BCUT2D eigenvalue weighted by molar-refractivity contribution is 6.00. The third kappa shape index (κ3) is 3.31. The van der Waals surface area contributed by atoms with Crippen molar-refractivity contribution in [1.29, 1.82) is 0 Å². The van der Waals surface area contributed by atoms with Gasteiger partial charge >= 0.3 is 5.97 Å². The first-order valence-electron chi connectivity index (χ1n) is 9.19. The number of aromatic nitrogens is 4. The van der Waals surface area contributed by atoms with Gasteiger partial charge in [-0.25, -0.2) is 9.97 Å². The van der Waals surface area contributed by atoms with Gasteiger partial charge in [-0.15, -0.1) is 0 Å². The van der Waals surface area contributed by atoms with Gasteiger partial charge in [0.15, 0.2) is 0 Å². The summed E-state index contributed by atoms with van der Waals surface area (Å²) in [6.07, 6.45) is 10.4. The Kier molecular flexibility index (Phi) is 4.88. The Bertz CT molecular complexity index is 893. The molecule has 0 aliphatic heterocycles. The summed E-state index contributed by atoms with van der Waals surface area (Å²) in [4.78, 5) is 24.0. The summed E-state index contributed by atoms with van der Waals surface area (Å²) >= 11 is 0. The molecule has 138 valence electrons. The molecule has 1 aliphatic rings. The molecule has 26 heavy (non-hydrogen) atoms. The van der Waals surface area contributed by atoms with E-state index in [0.29, 0.717) is 31.6 Å². The van der Waals surface area contributed by atoms with Gasteiger partial charge in [0.2, 0.25) is 0 Å². The van der Waals surface area contributed by atoms with Gasteiger partial charge in [0, 0.05) is 31.2 Å². The van der Waals surface area contributed by atoms with Gasteiger partial charge in [-0.3, -0.25) is 4.79 Å². The number of ether oxygens (including phenoxy) is 2. The highest BCUT2D eigenvalue weighted by Crippen LogP contribution is 2.36. The number of carbonyl (C=O) groups excluding carboxylic acids is 1. The van der Waals surface area contributed by atoms with E-state index in [1.54, 1.807) is 7.11 Å². The monoisotopic (exact) mass is 356 g/mol. The molecule has 4 rings (SSSR count). The van der Waals surface area contributed by atoms with Gasteiger partial charge in [-0.05, 0) is 37.7 Å². The largest absolute Gasteiger partial charge is 0.463 e. The SMILES string of the molecule is COCCOC(=O)CC1CCC(n2cnc3cnc4[nH]ccc4c32)CC1. The zero-order valence-electron chi connectivity index (χ0n) is 15.0. The minimum Gasteiger partial charge on any atom is -0.463 e. The fourth-order valence-electron chi connectivity index (χ4n) is 3.97. The van der Waals surface area contributed by atoms with E-state index in [1.807, 2.05) is 18.7 Å². The minimum absolute atomic E-state index is 0.112. The fourth-order valence-corrected chi connectivity index (χ4v) is 3.97. The molecule has 1 N–H and O–H groups in total. The highest BCUT2D eigenvalue weighted by atomic mass is 16.6. The van der Waals surface area contributed by atoms with E-state index < -0.39 is 0 Å². The highest BCUT2D eigenvalue weighted by Gasteiger charge is 2.26. The Morgan fingerprint density at radius 2 is 2.12 bits per heavy atom. The molecule has 0 unspecified atom stereocenters. The number of fused-ring (bicyclic) bond motifs is 3. The molecule has 1 fully saturated rings. The molecule has 0 atom stereocenters. The first kappa shape index (κ1) is 17.0. The van der Waals surface area contributed by atoms with Crippen molar-refractivity contribution >= 4 is 28.0 Å². The molecule has 7 heteroatoms. The van der Waals surface area contributed by atoms with Gasteiger partial charge in [-0.1, -0.05) is 0 Å². The van der Waals surface area contributed by atoms with E-state index in [9.17, 15) is 4.79 Å². The van der Waals surface area contributed by atoms with Crippen molar-refractivity contribution in [3.63, 3.8) is 0 Å². The van der Waals surface area contributed by atoms with Crippen LogP contribution in [0.15, 0.2) is 24.8 Å². The quantitative estimate of drug-likeness (QED) is 0.542. The van der Waals surface area contributed by atoms with Crippen LogP contribution in [0.3, 0.4) is 0 Å². The Labute approximate surface area is 151 Å². The van der Waals surface area contributed by atoms with Crippen LogP contribution in [0.5, 0.6) is 0 Å². The van der Waals surface area contributed by atoms with Gasteiger partial charge < -0.3 is 19.0 Å². The molecule has 3 aromatic rings. The summed E-state index contributed by atoms with van der Waals surface area (Å²) in [5.41, 5.74) is 2.98. The van der Waals surface area contributed by atoms with Crippen LogP contribution in [0, 0.1) is 5.92 Å². The molecule has 0 bridgehead atoms. The lowest BCUT2D eigenvalue weighted by molar-refractivity contribution is -0.146. The molecule has 0 spiro atoms. The Morgan fingerprint density at radius 1 is 1.27 bits per heavy atom. The van der Waals surface area contributed by atoms with E-state index in [4.69, 9.17) is 9.47 Å². The van der Waals surface area contributed by atoms with Crippen molar-refractivity contribution in [2.45, 2.75) is 38.1 Å². The molecule has 1 saturated carbocycles. The van der Waals surface area contributed by atoms with Crippen molar-refractivity contribution in [3.8, 4) is 0 Å². The maximum Gasteiger partial charge on any atom is 0.306 e. The number of methoxy groups -OCH3 is 1. The number of rotatable bonds is 6. The third-order valence-electron chi connectivity index (χ3n) is 5.33. The maximum atomic E-state index is 11.9. The molecular formula is C19H24N4O3. The van der Waals surface area contributed by atoms with Gasteiger partial charge in [-0.2, -0.15) is 0 Å². The molecule has 7 nitrogen and oxygen atoms in total. The molecule has 0 aromatic carbocycles. The number of esters is 1. The third-order valence-corrected chi connectivity index (χ3v) is 5.33. The number of carbonyl (C=O) groups is 1. The van der Waals surface area contributed by atoms with Crippen LogP contribution in [-0.2, 0) is 14.3 Å². The lowest BCUT2D eigenvalue weighted by Crippen LogP contribution is -2.21. The minimum atomic E-state index is -0.112. The predicted molar refractivity (Wildman–Crippen MR) is 97.8 cm³/mol. The predicted octanol–water partition coefficient (Wildman–Crippen LogP) is 3.22. The average molecular weight is 356 g/mol. The van der Waals surface area contributed by atoms with E-state index in [0.717, 1.165) is 47.8 Å². The second kappa shape index (κ2) is 7.45. The number of hydrogen-bond donors (Lipinski definition) is 1. The lowest BCUT2D eigenvalue weighted by Gasteiger charge is -2.29. The number of hydrogen-bond acceptors (Lipinski definition) is 5. The summed E-state index contributed by atoms with van der Waals surface area (Å²) < 4.78 is 12.4. The molecule has 3 heterocycles. The molecule has 1 aliphatic carbocycles. The van der Waals surface area contributed by atoms with Crippen LogP contribution in [0.25, 0.3) is 22.1 Å². The van der Waals surface area contributed by atoms with E-state index >= 15 is 0 Å². The summed E-state index contributed by atoms with van der Waals surface area (Å²) in [5, 5.41) is 1.11. The molecule has 3 aromatic heterocycles. The van der Waals surface area contributed by atoms with E-state index in [2.05, 4.69) is 25.6 Å². The van der Waals surface area contributed by atoms with Crippen LogP contribution in [0.2, 0.25) is 0 Å². The Morgan fingerprint density at radius 3 is 2.92 bits per heavy atom. The number of nitrogens with zero attached hydrogens (tertiary/aromatic N) is 3. The normalized spacial score (nSPS) is 20.7. The summed E-state index contributed by atoms with van der Waals surface area (Å²) in [7, 11) is 1.60. The van der Waals surface area contributed by atoms with Gasteiger partial charge in [0.05, 0.1) is 24.6 Å². The van der Waals surface area contributed by atoms with Crippen molar-refractivity contribution in [1.82, 2.24) is 19.5 Å². The first-order valence-corrected chi connectivity index (χ1v) is 9.19. The number of pyridine rings is 1. The molecule has 0 amide bonds. The second-order valence-corrected chi connectivity index (χ2v) is 6.98. The Balaban J connectivity index is 1.41. The topological polar surface area (TPSA) is 82.0 Å². The number of H-pyrrole nitrogens is 1. The second-order valence-electron chi connectivity index (χ2n) is 6.98. The average Bonchev–Trinajstić information content (AvgIpc) is 3.28. The van der Waals surface area contributed by atoms with Crippen LogP contribution in [-0.4, -0.2) is 45.8 Å². The van der Waals surface area contributed by atoms with Crippen LogP contribution >= 0.6 is 0 Å². The summed E-state index contributed by atoms with van der Waals surface area (Å²) in [5.74, 6) is 0.295. The standard InChI is InChI=1S/C19H24N4O3/c1-25-8-9-26-17(24)10-13-2-4-14(5-3-13)23-12-22-16-11-21-19-15(18(16)23)6-7-20-19/h6-7,11-14H,2-5,8-10H2,1H3,(H,20,21). The van der Waals surface area contributed by atoms with Crippen molar-refractivity contribution in [2.24, 2.45) is 5.92 Å². The zero-order valence-corrected chi connectivity index (χ0v) is 15.0. The lowest BCUT2D eigenvalue weighted by atomic mass is 9.84. The number of aromatic amines is 1. The number of imidazole rings is 1. The van der Waals surface area contributed by atoms with Crippen molar-refractivity contribution in [2.75, 3.05) is 20.3 Å². The van der Waals surface area contributed by atoms with Gasteiger partial charge in [0.1, 0.15) is 17.8 Å². The molecule has 0 saturated heterocycles. The van der Waals surface area contributed by atoms with E-state index in [1.165, 1.54) is 0 Å². The zero-order chi connectivity index (χ0) is 17.9. The number of nitrogens with one attached hydrogen (secondary N) is 1. The van der Waals surface area contributed by atoms with Crippen molar-refractivity contribution < 1.29 is 14.3 Å². The van der Waals surface area contributed by atoms with Crippen LogP contribution in [0.1, 0.15) is 38.1 Å². The molecule has 0 radical (unpaired) electrons. The smallest absolute Gasteiger partial charge is 0.306 e. The van der Waals surface area contributed by atoms with Crippen molar-refractivity contribution in [3.05, 3.63) is 24.8 Å². The van der Waals surface area contributed by atoms with Crippen LogP contribution in [0.4, 0.5) is 0 Å². The Hall–Kier alpha value is -2.41. The van der Waals surface area contributed by atoms with Crippen LogP contribution < -0.4 is 0 Å². The maximum absolute atomic E-state index is 11.9. The van der Waals surface area contributed by atoms with Gasteiger partial charge in [0.25, 0.3) is 0 Å². The molecular weight excluding hydrogens is 332 g/mol. The summed E-state index contributed by atoms with van der Waals surface area (Å²) in [6.45, 7) is 0.793. The fraction of sp³-hybridized carbons (Fsp3) is 0.526.